The fraction of sp³-hybridized carbons (Fsp3) is 0.829. The maximum atomic E-state index is 13.9. The lowest BCUT2D eigenvalue weighted by atomic mass is 9.51. The van der Waals surface area contributed by atoms with E-state index < -0.39 is 12.2 Å². The number of unbranched alkanes of at least 4 members (excludes halogenated alkanes) is 1. The van der Waals surface area contributed by atoms with Crippen LogP contribution in [0.15, 0.2) is 22.8 Å². The molecule has 244 valence electrons. The Morgan fingerprint density at radius 2 is 1.60 bits per heavy atom. The Labute approximate surface area is 259 Å². The molecule has 0 aliphatic heterocycles. The van der Waals surface area contributed by atoms with Gasteiger partial charge >= 0.3 is 5.97 Å². The van der Waals surface area contributed by atoms with Crippen LogP contribution in [-0.4, -0.2) is 66.6 Å². The van der Waals surface area contributed by atoms with Crippen LogP contribution in [0.2, 0.25) is 0 Å². The van der Waals surface area contributed by atoms with Crippen LogP contribution in [0, 0.1) is 41.4 Å². The predicted octanol–water partition coefficient (Wildman–Crippen LogP) is 4.25. The first-order valence-corrected chi connectivity index (χ1v) is 17.2. The molecule has 43 heavy (non-hydrogen) atoms. The average Bonchev–Trinajstić information content (AvgIpc) is 3.30. The van der Waals surface area contributed by atoms with Crippen LogP contribution in [-0.2, 0) is 14.3 Å². The van der Waals surface area contributed by atoms with Gasteiger partial charge < -0.3 is 31.3 Å². The van der Waals surface area contributed by atoms with E-state index in [1.165, 1.54) is 12.5 Å². The highest BCUT2D eigenvalue weighted by Gasteiger charge is 2.57. The van der Waals surface area contributed by atoms with Gasteiger partial charge in [-0.1, -0.05) is 18.6 Å². The Bertz CT molecular complexity index is 1010. The minimum absolute atomic E-state index is 0.0421. The van der Waals surface area contributed by atoms with Crippen molar-refractivity contribution in [2.75, 3.05) is 26.2 Å². The van der Waals surface area contributed by atoms with Gasteiger partial charge in [0.1, 0.15) is 6.10 Å². The van der Waals surface area contributed by atoms with Crippen molar-refractivity contribution in [2.24, 2.45) is 47.2 Å². The zero-order valence-electron chi connectivity index (χ0n) is 27.2. The van der Waals surface area contributed by atoms with Gasteiger partial charge in [0.05, 0.1) is 12.2 Å². The first-order valence-electron chi connectivity index (χ1n) is 17.2. The van der Waals surface area contributed by atoms with Gasteiger partial charge in [0.25, 0.3) is 0 Å². The van der Waals surface area contributed by atoms with E-state index in [1.54, 1.807) is 0 Å². The lowest BCUT2D eigenvalue weighted by Gasteiger charge is -2.55. The summed E-state index contributed by atoms with van der Waals surface area (Å²) in [6, 6.07) is 0. The highest BCUT2D eigenvalue weighted by molar-refractivity contribution is 5.94. The molecule has 1 amide bonds. The molecule has 4 rings (SSSR count). The van der Waals surface area contributed by atoms with Crippen LogP contribution in [0.1, 0.15) is 98.3 Å². The van der Waals surface area contributed by atoms with E-state index in [9.17, 15) is 19.8 Å². The Morgan fingerprint density at radius 1 is 0.907 bits per heavy atom. The van der Waals surface area contributed by atoms with Crippen molar-refractivity contribution in [1.82, 2.24) is 10.6 Å². The monoisotopic (exact) mass is 601 g/mol. The van der Waals surface area contributed by atoms with Gasteiger partial charge in [-0.05, 0) is 151 Å². The second-order valence-electron chi connectivity index (χ2n) is 14.2. The summed E-state index contributed by atoms with van der Waals surface area (Å²) in [5, 5.41) is 28.9. The smallest absolute Gasteiger partial charge is 0.303 e. The van der Waals surface area contributed by atoms with E-state index in [4.69, 9.17) is 10.5 Å². The standard InChI is InChI=1S/C35H59N3O5/c1-21(2)9-7-10-27(35(42)38-18-8-17-37-16-6-5-15-36)34-29-19-31(41)33-25-13-14-30(40)22(3)24(25)11-12-26(33)28(29)20-32(34)43-23(4)39/h9,22,24-26,28-33,37,40-41H,5-8,10-20,36H2,1-4H3,(H,38,42)/b34-27-/t22-,24?,25?,26?,28?,29?,30+,31+,32?,33?/m0/s1. The molecule has 0 spiro atoms. The summed E-state index contributed by atoms with van der Waals surface area (Å²) in [7, 11) is 0. The molecule has 4 aliphatic carbocycles. The first kappa shape index (κ1) is 34.1. The number of allylic oxidation sites excluding steroid dienone is 2. The third-order valence-corrected chi connectivity index (χ3v) is 11.2. The number of nitrogens with two attached hydrogens (primary N) is 1. The van der Waals surface area contributed by atoms with Gasteiger partial charge in [0.2, 0.25) is 5.91 Å². The van der Waals surface area contributed by atoms with Crippen molar-refractivity contribution < 1.29 is 24.5 Å². The molecule has 0 saturated heterocycles. The highest BCUT2D eigenvalue weighted by atomic mass is 16.5. The lowest BCUT2D eigenvalue weighted by molar-refractivity contribution is -0.145. The summed E-state index contributed by atoms with van der Waals surface area (Å²) >= 11 is 0. The fourth-order valence-electron chi connectivity index (χ4n) is 9.30. The number of amides is 1. The number of aliphatic hydroxyl groups is 2. The van der Waals surface area contributed by atoms with E-state index in [1.807, 2.05) is 0 Å². The summed E-state index contributed by atoms with van der Waals surface area (Å²) < 4.78 is 5.99. The van der Waals surface area contributed by atoms with Gasteiger partial charge in [-0.3, -0.25) is 9.59 Å². The number of nitrogens with one attached hydrogen (secondary N) is 2. The number of hydrogen-bond acceptors (Lipinski definition) is 7. The first-order chi connectivity index (χ1) is 20.6. The second kappa shape index (κ2) is 16.0. The van der Waals surface area contributed by atoms with Gasteiger partial charge in [0, 0.05) is 19.0 Å². The highest BCUT2D eigenvalue weighted by Crippen LogP contribution is 2.60. The Morgan fingerprint density at radius 3 is 2.33 bits per heavy atom. The van der Waals surface area contributed by atoms with Crippen molar-refractivity contribution in [3.63, 3.8) is 0 Å². The summed E-state index contributed by atoms with van der Waals surface area (Å²) in [6.45, 7) is 10.8. The van der Waals surface area contributed by atoms with Crippen LogP contribution in [0.5, 0.6) is 0 Å². The number of carbonyl (C=O) groups is 2. The Hall–Kier alpha value is -1.74. The van der Waals surface area contributed by atoms with E-state index in [-0.39, 0.29) is 35.7 Å². The Kier molecular flexibility index (Phi) is 12.7. The molecule has 4 aliphatic rings. The molecule has 0 bridgehead atoms. The topological polar surface area (TPSA) is 134 Å². The molecular formula is C35H59N3O5. The van der Waals surface area contributed by atoms with Gasteiger partial charge in [-0.15, -0.1) is 0 Å². The van der Waals surface area contributed by atoms with E-state index in [2.05, 4.69) is 37.5 Å². The zero-order valence-corrected chi connectivity index (χ0v) is 27.2. The van der Waals surface area contributed by atoms with E-state index in [0.29, 0.717) is 49.6 Å². The molecule has 4 fully saturated rings. The second-order valence-corrected chi connectivity index (χ2v) is 14.2. The maximum absolute atomic E-state index is 13.9. The summed E-state index contributed by atoms with van der Waals surface area (Å²) in [5.74, 6) is 1.67. The third-order valence-electron chi connectivity index (χ3n) is 11.2. The van der Waals surface area contributed by atoms with Crippen LogP contribution >= 0.6 is 0 Å². The number of rotatable bonds is 13. The van der Waals surface area contributed by atoms with Gasteiger partial charge in [0.15, 0.2) is 0 Å². The van der Waals surface area contributed by atoms with Gasteiger partial charge in [-0.25, -0.2) is 0 Å². The molecule has 7 unspecified atom stereocenters. The van der Waals surface area contributed by atoms with E-state index >= 15 is 0 Å². The largest absolute Gasteiger partial charge is 0.458 e. The quantitative estimate of drug-likeness (QED) is 0.0923. The Balaban J connectivity index is 1.56. The zero-order chi connectivity index (χ0) is 31.1. The number of aliphatic hydroxyl groups excluding tert-OH is 2. The molecule has 4 saturated carbocycles. The maximum Gasteiger partial charge on any atom is 0.303 e. The SMILES string of the molecule is CC(=O)OC1CC2C(C[C@@H](O)C3C2CCC2C3CC[C@@H](O)[C@H]2C)/C1=C(\CCC=C(C)C)C(=O)NCCCNCCCCN. The van der Waals surface area contributed by atoms with Crippen LogP contribution in [0.25, 0.3) is 0 Å². The van der Waals surface area contributed by atoms with Crippen molar-refractivity contribution in [3.8, 4) is 0 Å². The fourth-order valence-corrected chi connectivity index (χ4v) is 9.30. The summed E-state index contributed by atoms with van der Waals surface area (Å²) in [6.07, 6.45) is 10.5. The molecule has 8 heteroatoms. The molecule has 0 heterocycles. The molecule has 0 aromatic carbocycles. The molecule has 6 N–H and O–H groups in total. The van der Waals surface area contributed by atoms with Crippen molar-refractivity contribution in [3.05, 3.63) is 22.8 Å². The van der Waals surface area contributed by atoms with Crippen molar-refractivity contribution in [1.29, 1.82) is 0 Å². The minimum Gasteiger partial charge on any atom is -0.458 e. The molecule has 8 nitrogen and oxygen atoms in total. The molecule has 0 aromatic heterocycles. The number of ether oxygens (including phenoxy) is 1. The number of esters is 1. The average molecular weight is 602 g/mol. The van der Waals surface area contributed by atoms with Gasteiger partial charge in [-0.2, -0.15) is 0 Å². The summed E-state index contributed by atoms with van der Waals surface area (Å²) in [4.78, 5) is 26.2. The lowest BCUT2D eigenvalue weighted by Crippen LogP contribution is -2.53. The molecule has 10 atom stereocenters. The van der Waals surface area contributed by atoms with Crippen molar-refractivity contribution in [2.45, 2.75) is 117 Å². The van der Waals surface area contributed by atoms with Crippen LogP contribution in [0.4, 0.5) is 0 Å². The molecular weight excluding hydrogens is 542 g/mol. The summed E-state index contributed by atoms with van der Waals surface area (Å²) in [5.41, 5.74) is 8.50. The third kappa shape index (κ3) is 8.30. The van der Waals surface area contributed by atoms with Crippen molar-refractivity contribution >= 4 is 11.9 Å². The normalized spacial score (nSPS) is 36.2. The predicted molar refractivity (Wildman–Crippen MR) is 170 cm³/mol. The molecule has 0 aromatic rings. The number of carbonyl (C=O) groups excluding carboxylic acids is 2. The number of hydrogen-bond donors (Lipinski definition) is 5. The molecule has 0 radical (unpaired) electrons. The number of fused-ring (bicyclic) bond motifs is 5. The van der Waals surface area contributed by atoms with E-state index in [0.717, 1.165) is 82.0 Å². The van der Waals surface area contributed by atoms with Crippen LogP contribution < -0.4 is 16.4 Å². The minimum atomic E-state index is -0.444. The van der Waals surface area contributed by atoms with Crippen LogP contribution in [0.3, 0.4) is 0 Å².